The number of nitrogens with zero attached hydrogens (tertiary/aromatic N) is 1. The van der Waals surface area contributed by atoms with Crippen molar-refractivity contribution >= 4 is 18.3 Å². The van der Waals surface area contributed by atoms with Crippen molar-refractivity contribution in [2.45, 2.75) is 51.0 Å². The molecule has 19 heavy (non-hydrogen) atoms. The van der Waals surface area contributed by atoms with Crippen molar-refractivity contribution in [1.29, 1.82) is 0 Å². The summed E-state index contributed by atoms with van der Waals surface area (Å²) >= 11 is 0. The molecule has 1 rings (SSSR count). The molecular weight excluding hydrogens is 264 g/mol. The number of methoxy groups -OCH3 is 1. The third-order valence-electron chi connectivity index (χ3n) is 3.77. The van der Waals surface area contributed by atoms with Gasteiger partial charge in [-0.15, -0.1) is 12.4 Å². The minimum absolute atomic E-state index is 0. The van der Waals surface area contributed by atoms with E-state index in [9.17, 15) is 4.79 Å². The van der Waals surface area contributed by atoms with Crippen molar-refractivity contribution in [1.82, 2.24) is 10.2 Å². The van der Waals surface area contributed by atoms with Crippen LogP contribution in [0.4, 0.5) is 0 Å². The Morgan fingerprint density at radius 1 is 1.21 bits per heavy atom. The van der Waals surface area contributed by atoms with Crippen molar-refractivity contribution in [3.8, 4) is 0 Å². The lowest BCUT2D eigenvalue weighted by Crippen LogP contribution is -2.42. The molecule has 0 aromatic carbocycles. The molecular formula is C14H29ClN2O2. The second kappa shape index (κ2) is 11.5. The van der Waals surface area contributed by atoms with Gasteiger partial charge in [0.15, 0.2) is 0 Å². The maximum absolute atomic E-state index is 12.0. The summed E-state index contributed by atoms with van der Waals surface area (Å²) in [5.41, 5.74) is 0. The molecule has 4 nitrogen and oxygen atoms in total. The van der Waals surface area contributed by atoms with Crippen molar-refractivity contribution in [2.24, 2.45) is 0 Å². The molecule has 0 atom stereocenters. The highest BCUT2D eigenvalue weighted by molar-refractivity contribution is 5.85. The van der Waals surface area contributed by atoms with Crippen molar-refractivity contribution < 1.29 is 9.53 Å². The Hall–Kier alpha value is -0.320. The fourth-order valence-electron chi connectivity index (χ4n) is 2.52. The summed E-state index contributed by atoms with van der Waals surface area (Å²) in [6.07, 6.45) is 8.87. The second-order valence-electron chi connectivity index (χ2n) is 5.17. The van der Waals surface area contributed by atoms with Gasteiger partial charge in [0.2, 0.25) is 5.91 Å². The van der Waals surface area contributed by atoms with E-state index in [2.05, 4.69) is 5.32 Å². The summed E-state index contributed by atoms with van der Waals surface area (Å²) in [4.78, 5) is 14.0. The van der Waals surface area contributed by atoms with Crippen LogP contribution >= 0.6 is 12.4 Å². The van der Waals surface area contributed by atoms with Crippen LogP contribution in [0.2, 0.25) is 0 Å². The summed E-state index contributed by atoms with van der Waals surface area (Å²) in [6, 6.07) is 0.446. The first-order chi connectivity index (χ1) is 8.75. The zero-order chi connectivity index (χ0) is 13.2. The van der Waals surface area contributed by atoms with E-state index in [1.165, 1.54) is 44.9 Å². The van der Waals surface area contributed by atoms with Gasteiger partial charge < -0.3 is 15.0 Å². The summed E-state index contributed by atoms with van der Waals surface area (Å²) < 4.78 is 4.94. The van der Waals surface area contributed by atoms with Crippen LogP contribution in [-0.4, -0.2) is 50.7 Å². The third-order valence-corrected chi connectivity index (χ3v) is 3.77. The largest absolute Gasteiger partial charge is 0.383 e. The van der Waals surface area contributed by atoms with Crippen LogP contribution in [0, 0.1) is 0 Å². The molecule has 1 aliphatic rings. The first-order valence-corrected chi connectivity index (χ1v) is 7.21. The predicted octanol–water partition coefficient (Wildman–Crippen LogP) is 2.22. The average molecular weight is 293 g/mol. The molecule has 1 aliphatic carbocycles. The number of ether oxygens (including phenoxy) is 1. The Morgan fingerprint density at radius 3 is 2.37 bits per heavy atom. The number of hydrogen-bond donors (Lipinski definition) is 1. The first-order valence-electron chi connectivity index (χ1n) is 7.21. The normalized spacial score (nSPS) is 17.2. The van der Waals surface area contributed by atoms with Gasteiger partial charge in [-0.05, 0) is 12.8 Å². The molecule has 1 amide bonds. The molecule has 0 bridgehead atoms. The molecule has 0 radical (unpaired) electrons. The maximum atomic E-state index is 12.0. The average Bonchev–Trinajstić information content (AvgIpc) is 2.33. The molecule has 0 aliphatic heterocycles. The highest BCUT2D eigenvalue weighted by Crippen LogP contribution is 2.20. The van der Waals surface area contributed by atoms with E-state index in [0.717, 1.165) is 6.54 Å². The smallest absolute Gasteiger partial charge is 0.236 e. The van der Waals surface area contributed by atoms with Crippen molar-refractivity contribution in [2.75, 3.05) is 33.9 Å². The van der Waals surface area contributed by atoms with Gasteiger partial charge in [0, 0.05) is 26.7 Å². The van der Waals surface area contributed by atoms with E-state index in [1.54, 1.807) is 7.11 Å². The van der Waals surface area contributed by atoms with Gasteiger partial charge in [-0.25, -0.2) is 0 Å². The molecule has 0 aromatic heterocycles. The molecule has 1 saturated carbocycles. The number of carbonyl (C=O) groups excluding carboxylic acids is 1. The number of hydrogen-bond acceptors (Lipinski definition) is 3. The monoisotopic (exact) mass is 292 g/mol. The van der Waals surface area contributed by atoms with Gasteiger partial charge in [-0.3, -0.25) is 4.79 Å². The van der Waals surface area contributed by atoms with E-state index >= 15 is 0 Å². The van der Waals surface area contributed by atoms with Crippen LogP contribution in [0.15, 0.2) is 0 Å². The van der Waals surface area contributed by atoms with E-state index < -0.39 is 0 Å². The topological polar surface area (TPSA) is 41.6 Å². The Bertz CT molecular complexity index is 231. The van der Waals surface area contributed by atoms with Crippen molar-refractivity contribution in [3.05, 3.63) is 0 Å². The van der Waals surface area contributed by atoms with Gasteiger partial charge >= 0.3 is 0 Å². The Morgan fingerprint density at radius 2 is 1.79 bits per heavy atom. The van der Waals surface area contributed by atoms with Gasteiger partial charge in [-0.2, -0.15) is 0 Å². The van der Waals surface area contributed by atoms with Gasteiger partial charge in [0.05, 0.1) is 13.2 Å². The lowest BCUT2D eigenvalue weighted by molar-refractivity contribution is -0.131. The third kappa shape index (κ3) is 7.75. The summed E-state index contributed by atoms with van der Waals surface area (Å²) in [5.74, 6) is 0.205. The number of nitrogens with one attached hydrogen (secondary N) is 1. The number of amides is 1. The summed E-state index contributed by atoms with van der Waals surface area (Å²) in [6.45, 7) is 1.82. The molecule has 1 fully saturated rings. The van der Waals surface area contributed by atoms with Crippen LogP contribution in [0.1, 0.15) is 44.9 Å². The molecule has 114 valence electrons. The van der Waals surface area contributed by atoms with E-state index in [4.69, 9.17) is 4.74 Å². The SMILES string of the molecule is COCCNCC(=O)N(C)C1CCCCCCC1.Cl. The molecule has 5 heteroatoms. The number of likely N-dealkylation sites (N-methyl/N-ethyl adjacent to an activating group) is 1. The minimum atomic E-state index is 0. The molecule has 1 N–H and O–H groups in total. The Labute approximate surface area is 123 Å². The van der Waals surface area contributed by atoms with Gasteiger partial charge in [0.1, 0.15) is 0 Å². The maximum Gasteiger partial charge on any atom is 0.236 e. The molecule has 0 unspecified atom stereocenters. The number of halogens is 1. The lowest BCUT2D eigenvalue weighted by Gasteiger charge is -2.30. The highest BCUT2D eigenvalue weighted by atomic mass is 35.5. The minimum Gasteiger partial charge on any atom is -0.383 e. The van der Waals surface area contributed by atoms with Crippen molar-refractivity contribution in [3.63, 3.8) is 0 Å². The molecule has 0 saturated heterocycles. The number of carbonyl (C=O) groups is 1. The zero-order valence-corrected chi connectivity index (χ0v) is 13.1. The molecule has 0 heterocycles. The highest BCUT2D eigenvalue weighted by Gasteiger charge is 2.19. The molecule has 0 aromatic rings. The van der Waals surface area contributed by atoms with Gasteiger partial charge in [-0.1, -0.05) is 32.1 Å². The lowest BCUT2D eigenvalue weighted by atomic mass is 9.96. The quantitative estimate of drug-likeness (QED) is 0.763. The predicted molar refractivity (Wildman–Crippen MR) is 80.9 cm³/mol. The van der Waals surface area contributed by atoms with E-state index in [0.29, 0.717) is 19.2 Å². The van der Waals surface area contributed by atoms with Crippen LogP contribution in [0.3, 0.4) is 0 Å². The van der Waals surface area contributed by atoms with E-state index in [1.807, 2.05) is 11.9 Å². The fraction of sp³-hybridized carbons (Fsp3) is 0.929. The molecule has 0 spiro atoms. The number of rotatable bonds is 6. The van der Waals surface area contributed by atoms with Crippen LogP contribution < -0.4 is 5.32 Å². The Kier molecular flexibility index (Phi) is 11.3. The van der Waals surface area contributed by atoms with Crippen LogP contribution in [-0.2, 0) is 9.53 Å². The van der Waals surface area contributed by atoms with Gasteiger partial charge in [0.25, 0.3) is 0 Å². The fourth-order valence-corrected chi connectivity index (χ4v) is 2.52. The standard InChI is InChI=1S/C14H28N2O2.ClH/c1-16(14(17)12-15-10-11-18-2)13-8-6-4-3-5-7-9-13;/h13,15H,3-12H2,1-2H3;1H. The van der Waals surface area contributed by atoms with Crippen LogP contribution in [0.25, 0.3) is 0 Å². The van der Waals surface area contributed by atoms with Crippen LogP contribution in [0.5, 0.6) is 0 Å². The zero-order valence-electron chi connectivity index (χ0n) is 12.3. The Balaban J connectivity index is 0.00000324. The summed E-state index contributed by atoms with van der Waals surface area (Å²) in [5, 5.41) is 3.12. The summed E-state index contributed by atoms with van der Waals surface area (Å²) in [7, 11) is 3.62. The second-order valence-corrected chi connectivity index (χ2v) is 5.17. The van der Waals surface area contributed by atoms with E-state index in [-0.39, 0.29) is 18.3 Å². The first kappa shape index (κ1) is 18.7.